The molecule has 0 spiro atoms. The van der Waals surface area contributed by atoms with Gasteiger partial charge in [-0.2, -0.15) is 0 Å². The zero-order valence-electron chi connectivity index (χ0n) is 22.2. The molecule has 3 N–H and O–H groups in total. The van der Waals surface area contributed by atoms with E-state index in [0.29, 0.717) is 32.2 Å². The second-order valence-corrected chi connectivity index (χ2v) is 10.5. The third kappa shape index (κ3) is 7.86. The molecular weight excluding hydrogens is 468 g/mol. The van der Waals surface area contributed by atoms with Crippen molar-refractivity contribution in [2.45, 2.75) is 70.9 Å². The molecule has 2 aromatic rings. The highest BCUT2D eigenvalue weighted by molar-refractivity contribution is 5.92. The summed E-state index contributed by atoms with van der Waals surface area (Å²) < 4.78 is 5.48. The van der Waals surface area contributed by atoms with Crippen molar-refractivity contribution in [3.63, 3.8) is 0 Å². The average molecular weight is 509 g/mol. The van der Waals surface area contributed by atoms with Gasteiger partial charge in [-0.3, -0.25) is 19.4 Å². The van der Waals surface area contributed by atoms with Gasteiger partial charge in [0.15, 0.2) is 0 Å². The Bertz CT molecular complexity index is 1040. The maximum atomic E-state index is 13.8. The number of ether oxygens (including phenoxy) is 1. The summed E-state index contributed by atoms with van der Waals surface area (Å²) in [7, 11) is 0. The van der Waals surface area contributed by atoms with E-state index >= 15 is 0 Å². The number of likely N-dealkylation sites (tertiary alicyclic amines) is 1. The molecule has 1 aromatic heterocycles. The monoisotopic (exact) mass is 508 g/mol. The molecule has 1 aromatic carbocycles. The standard InChI is InChI=1S/C29H40N4O4/c1-4-37-27(36)29(20-23-15-8-9-18-31-23)17-11-19-33(21-29)25(34)24(32-26(35)28(2,3)30)16-10-14-22-12-6-5-7-13-22/h5-9,12-13,15,18,24H,4,10-11,14,16-17,19-21,30H2,1-3H3,(H,32,35)/t24-,29+/m1/s1. The van der Waals surface area contributed by atoms with E-state index in [0.717, 1.165) is 18.5 Å². The normalized spacial score (nSPS) is 18.6. The van der Waals surface area contributed by atoms with Gasteiger partial charge in [0, 0.05) is 31.4 Å². The van der Waals surface area contributed by atoms with Crippen molar-refractivity contribution in [1.29, 1.82) is 0 Å². The first-order chi connectivity index (χ1) is 17.6. The van der Waals surface area contributed by atoms with E-state index in [1.165, 1.54) is 5.56 Å². The van der Waals surface area contributed by atoms with Crippen molar-refractivity contribution in [2.24, 2.45) is 11.1 Å². The van der Waals surface area contributed by atoms with Gasteiger partial charge in [0.25, 0.3) is 0 Å². The molecule has 0 bridgehead atoms. The molecule has 2 heterocycles. The minimum atomic E-state index is -1.12. The molecule has 8 heteroatoms. The Morgan fingerprint density at radius 1 is 1.16 bits per heavy atom. The number of nitrogens with two attached hydrogens (primary N) is 1. The maximum absolute atomic E-state index is 13.8. The summed E-state index contributed by atoms with van der Waals surface area (Å²) in [5, 5.41) is 2.89. The average Bonchev–Trinajstić information content (AvgIpc) is 2.88. The van der Waals surface area contributed by atoms with Crippen molar-refractivity contribution in [2.75, 3.05) is 19.7 Å². The number of piperidine rings is 1. The molecular formula is C29H40N4O4. The number of carbonyl (C=O) groups is 3. The highest BCUT2D eigenvalue weighted by Gasteiger charge is 2.46. The summed E-state index contributed by atoms with van der Waals surface area (Å²) in [5.74, 6) is -0.890. The molecule has 0 saturated carbocycles. The predicted molar refractivity (Wildman–Crippen MR) is 142 cm³/mol. The second-order valence-electron chi connectivity index (χ2n) is 10.5. The zero-order valence-corrected chi connectivity index (χ0v) is 22.2. The molecule has 37 heavy (non-hydrogen) atoms. The summed E-state index contributed by atoms with van der Waals surface area (Å²) in [6.07, 6.45) is 5.33. The van der Waals surface area contributed by atoms with Crippen molar-refractivity contribution >= 4 is 17.8 Å². The van der Waals surface area contributed by atoms with Crippen LogP contribution in [0, 0.1) is 5.41 Å². The van der Waals surface area contributed by atoms with Crippen molar-refractivity contribution in [1.82, 2.24) is 15.2 Å². The van der Waals surface area contributed by atoms with Gasteiger partial charge in [0.1, 0.15) is 6.04 Å². The Hall–Kier alpha value is -3.26. The van der Waals surface area contributed by atoms with Gasteiger partial charge >= 0.3 is 5.97 Å². The van der Waals surface area contributed by atoms with Crippen LogP contribution < -0.4 is 11.1 Å². The van der Waals surface area contributed by atoms with E-state index in [1.54, 1.807) is 31.9 Å². The van der Waals surface area contributed by atoms with Crippen LogP contribution in [0.1, 0.15) is 57.7 Å². The third-order valence-electron chi connectivity index (χ3n) is 6.83. The number of nitrogens with zero attached hydrogens (tertiary/aromatic N) is 2. The number of pyridine rings is 1. The van der Waals surface area contributed by atoms with Crippen molar-refractivity contribution in [3.05, 3.63) is 66.0 Å². The van der Waals surface area contributed by atoms with Crippen LogP contribution in [0.3, 0.4) is 0 Å². The number of hydrogen-bond acceptors (Lipinski definition) is 6. The third-order valence-corrected chi connectivity index (χ3v) is 6.83. The minimum Gasteiger partial charge on any atom is -0.466 e. The van der Waals surface area contributed by atoms with Gasteiger partial charge in [0.2, 0.25) is 11.8 Å². The highest BCUT2D eigenvalue weighted by Crippen LogP contribution is 2.35. The van der Waals surface area contributed by atoms with E-state index in [1.807, 2.05) is 48.5 Å². The Balaban J connectivity index is 1.79. The van der Waals surface area contributed by atoms with Gasteiger partial charge in [-0.05, 0) is 70.6 Å². The summed E-state index contributed by atoms with van der Waals surface area (Å²) in [4.78, 5) is 45.9. The van der Waals surface area contributed by atoms with E-state index < -0.39 is 17.0 Å². The van der Waals surface area contributed by atoms with Crippen LogP contribution in [0.25, 0.3) is 0 Å². The fourth-order valence-corrected chi connectivity index (χ4v) is 4.81. The zero-order chi connectivity index (χ0) is 26.9. The number of rotatable bonds is 11. The maximum Gasteiger partial charge on any atom is 0.314 e. The lowest BCUT2D eigenvalue weighted by molar-refractivity contribution is -0.161. The SMILES string of the molecule is CCOC(=O)[C@]1(Cc2ccccn2)CCCN(C(=O)[C@@H](CCCc2ccccc2)NC(=O)C(C)(C)N)C1. The van der Waals surface area contributed by atoms with E-state index in [-0.39, 0.29) is 30.9 Å². The molecule has 1 fully saturated rings. The Morgan fingerprint density at radius 2 is 1.89 bits per heavy atom. The molecule has 8 nitrogen and oxygen atoms in total. The van der Waals surface area contributed by atoms with Crippen LogP contribution in [0.2, 0.25) is 0 Å². The molecule has 1 aliphatic heterocycles. The summed E-state index contributed by atoms with van der Waals surface area (Å²) >= 11 is 0. The fourth-order valence-electron chi connectivity index (χ4n) is 4.81. The van der Waals surface area contributed by atoms with Crippen LogP contribution in [-0.2, 0) is 32.0 Å². The number of benzene rings is 1. The van der Waals surface area contributed by atoms with Gasteiger partial charge in [-0.15, -0.1) is 0 Å². The summed E-state index contributed by atoms with van der Waals surface area (Å²) in [6, 6.07) is 14.9. The van der Waals surface area contributed by atoms with Crippen LogP contribution in [-0.4, -0.2) is 58.9 Å². The highest BCUT2D eigenvalue weighted by atomic mass is 16.5. The number of aromatic nitrogens is 1. The first-order valence-corrected chi connectivity index (χ1v) is 13.1. The quantitative estimate of drug-likeness (QED) is 0.451. The lowest BCUT2D eigenvalue weighted by Crippen LogP contribution is -2.59. The van der Waals surface area contributed by atoms with Gasteiger partial charge < -0.3 is 20.7 Å². The first-order valence-electron chi connectivity index (χ1n) is 13.1. The Kier molecular flexibility index (Phi) is 9.80. The van der Waals surface area contributed by atoms with Crippen molar-refractivity contribution in [3.8, 4) is 0 Å². The Morgan fingerprint density at radius 3 is 2.54 bits per heavy atom. The predicted octanol–water partition coefficient (Wildman–Crippen LogP) is 3.04. The van der Waals surface area contributed by atoms with E-state index in [9.17, 15) is 14.4 Å². The molecule has 0 unspecified atom stereocenters. The van der Waals surface area contributed by atoms with Crippen LogP contribution >= 0.6 is 0 Å². The first kappa shape index (κ1) is 28.3. The van der Waals surface area contributed by atoms with E-state index in [4.69, 9.17) is 10.5 Å². The van der Waals surface area contributed by atoms with Gasteiger partial charge in [0.05, 0.1) is 17.6 Å². The molecule has 1 saturated heterocycles. The molecule has 3 rings (SSSR count). The molecule has 2 atom stereocenters. The molecule has 0 radical (unpaired) electrons. The Labute approximate surface area is 220 Å². The molecule has 1 aliphatic rings. The minimum absolute atomic E-state index is 0.194. The molecule has 2 amide bonds. The smallest absolute Gasteiger partial charge is 0.314 e. The number of amides is 2. The largest absolute Gasteiger partial charge is 0.466 e. The second kappa shape index (κ2) is 12.8. The fraction of sp³-hybridized carbons (Fsp3) is 0.517. The van der Waals surface area contributed by atoms with Gasteiger partial charge in [-0.1, -0.05) is 36.4 Å². The lowest BCUT2D eigenvalue weighted by Gasteiger charge is -2.42. The number of carbonyl (C=O) groups excluding carboxylic acids is 3. The van der Waals surface area contributed by atoms with Crippen molar-refractivity contribution < 1.29 is 19.1 Å². The number of nitrogens with one attached hydrogen (secondary N) is 1. The lowest BCUT2D eigenvalue weighted by atomic mass is 9.75. The van der Waals surface area contributed by atoms with Gasteiger partial charge in [-0.25, -0.2) is 0 Å². The number of aryl methyl sites for hydroxylation is 1. The van der Waals surface area contributed by atoms with Crippen LogP contribution in [0.15, 0.2) is 54.7 Å². The van der Waals surface area contributed by atoms with Crippen LogP contribution in [0.4, 0.5) is 0 Å². The molecule has 200 valence electrons. The number of hydrogen-bond donors (Lipinski definition) is 2. The summed E-state index contributed by atoms with van der Waals surface area (Å²) in [6.45, 7) is 6.02. The van der Waals surface area contributed by atoms with Crippen LogP contribution in [0.5, 0.6) is 0 Å². The van der Waals surface area contributed by atoms with E-state index in [2.05, 4.69) is 10.3 Å². The molecule has 0 aliphatic carbocycles. The topological polar surface area (TPSA) is 115 Å². The number of esters is 1. The summed E-state index contributed by atoms with van der Waals surface area (Å²) in [5.41, 5.74) is 5.98.